The van der Waals surface area contributed by atoms with Gasteiger partial charge in [0.15, 0.2) is 5.78 Å². The van der Waals surface area contributed by atoms with Gasteiger partial charge in [-0.25, -0.2) is 17.5 Å². The lowest BCUT2D eigenvalue weighted by atomic mass is 10.1. The molecule has 1 aliphatic rings. The summed E-state index contributed by atoms with van der Waals surface area (Å²) >= 11 is 0. The summed E-state index contributed by atoms with van der Waals surface area (Å²) in [5, 5.41) is -0.547. The lowest BCUT2D eigenvalue weighted by Crippen LogP contribution is -2.58. The van der Waals surface area contributed by atoms with E-state index < -0.39 is 33.4 Å². The lowest BCUT2D eigenvalue weighted by molar-refractivity contribution is 0.0991. The second-order valence-corrected chi connectivity index (χ2v) is 7.65. The van der Waals surface area contributed by atoms with E-state index in [0.29, 0.717) is 31.8 Å². The molecule has 0 saturated carbocycles. The van der Waals surface area contributed by atoms with Crippen LogP contribution < -0.4 is 4.72 Å². The average Bonchev–Trinajstić information content (AvgIpc) is 2.46. The van der Waals surface area contributed by atoms with Crippen molar-refractivity contribution in [3.05, 3.63) is 35.1 Å². The van der Waals surface area contributed by atoms with E-state index in [2.05, 4.69) is 4.72 Å². The Morgan fingerprint density at radius 2 is 2.13 bits per heavy atom. The van der Waals surface area contributed by atoms with Crippen molar-refractivity contribution in [2.45, 2.75) is 12.2 Å². The fraction of sp³-hybridized carbons (Fsp3) is 0.533. The molecular weight excluding hydrogens is 323 g/mol. The number of hydrogen-bond acceptors (Lipinski definition) is 5. The Labute approximate surface area is 135 Å². The van der Waals surface area contributed by atoms with Gasteiger partial charge in [-0.15, -0.1) is 0 Å². The fourth-order valence-electron chi connectivity index (χ4n) is 2.36. The summed E-state index contributed by atoms with van der Waals surface area (Å²) in [4.78, 5) is 14.0. The molecule has 1 heterocycles. The minimum absolute atomic E-state index is 0.0944. The van der Waals surface area contributed by atoms with Crippen molar-refractivity contribution in [2.24, 2.45) is 0 Å². The average molecular weight is 344 g/mol. The van der Waals surface area contributed by atoms with Crippen molar-refractivity contribution in [1.82, 2.24) is 9.62 Å². The van der Waals surface area contributed by atoms with E-state index in [1.165, 1.54) is 6.07 Å². The predicted molar refractivity (Wildman–Crippen MR) is 84.5 cm³/mol. The number of aryl methyl sites for hydroxylation is 1. The number of ether oxygens (including phenoxy) is 1. The summed E-state index contributed by atoms with van der Waals surface area (Å²) in [5.74, 6) is -1.18. The maximum Gasteiger partial charge on any atom is 0.217 e. The summed E-state index contributed by atoms with van der Waals surface area (Å²) in [5.41, 5.74) is 0.259. The summed E-state index contributed by atoms with van der Waals surface area (Å²) in [7, 11) is -1.99. The van der Waals surface area contributed by atoms with Gasteiger partial charge in [0, 0.05) is 26.7 Å². The Bertz CT molecular complexity index is 672. The molecule has 0 unspecified atom stereocenters. The molecule has 128 valence electrons. The lowest BCUT2D eigenvalue weighted by Gasteiger charge is -2.38. The second kappa shape index (κ2) is 7.48. The molecule has 1 aliphatic heterocycles. The molecule has 0 aliphatic carbocycles. The summed E-state index contributed by atoms with van der Waals surface area (Å²) in [6.45, 7) is 3.16. The van der Waals surface area contributed by atoms with Gasteiger partial charge in [0.05, 0.1) is 18.7 Å². The minimum Gasteiger partial charge on any atom is -0.383 e. The Morgan fingerprint density at radius 1 is 1.43 bits per heavy atom. The molecule has 2 rings (SSSR count). The highest BCUT2D eigenvalue weighted by molar-refractivity contribution is 7.90. The molecule has 1 N–H and O–H groups in total. The van der Waals surface area contributed by atoms with Crippen molar-refractivity contribution in [2.75, 3.05) is 39.9 Å². The van der Waals surface area contributed by atoms with E-state index in [9.17, 15) is 17.6 Å². The summed E-state index contributed by atoms with van der Waals surface area (Å²) in [6.07, 6.45) is 0. The minimum atomic E-state index is -3.58. The normalized spacial score (nSPS) is 16.3. The van der Waals surface area contributed by atoms with Gasteiger partial charge in [0.2, 0.25) is 10.0 Å². The van der Waals surface area contributed by atoms with Crippen molar-refractivity contribution in [1.29, 1.82) is 0 Å². The second-order valence-electron chi connectivity index (χ2n) is 5.60. The number of ketones is 1. The van der Waals surface area contributed by atoms with Gasteiger partial charge in [0.25, 0.3) is 0 Å². The maximum atomic E-state index is 13.9. The molecule has 23 heavy (non-hydrogen) atoms. The van der Waals surface area contributed by atoms with Gasteiger partial charge in [-0.1, -0.05) is 12.1 Å². The number of rotatable bonds is 8. The van der Waals surface area contributed by atoms with Crippen LogP contribution in [-0.4, -0.2) is 64.2 Å². The van der Waals surface area contributed by atoms with E-state index in [0.717, 1.165) is 0 Å². The third kappa shape index (κ3) is 4.35. The Hall–Kier alpha value is -1.35. The van der Waals surface area contributed by atoms with Crippen LogP contribution in [0, 0.1) is 12.7 Å². The van der Waals surface area contributed by atoms with Crippen LogP contribution in [0.4, 0.5) is 4.39 Å². The molecule has 0 atom stereocenters. The van der Waals surface area contributed by atoms with Crippen molar-refractivity contribution >= 4 is 15.8 Å². The van der Waals surface area contributed by atoms with Crippen LogP contribution in [0.15, 0.2) is 18.2 Å². The third-order valence-corrected chi connectivity index (χ3v) is 5.62. The molecule has 0 aromatic heterocycles. The van der Waals surface area contributed by atoms with Crippen molar-refractivity contribution in [3.8, 4) is 0 Å². The zero-order valence-corrected chi connectivity index (χ0v) is 14.0. The van der Waals surface area contributed by atoms with Crippen LogP contribution in [0.1, 0.15) is 15.9 Å². The number of nitrogens with one attached hydrogen (secondary N) is 1. The quantitative estimate of drug-likeness (QED) is 0.698. The SMILES string of the molecule is COCCN1CC(S(=O)(=O)NCC(=O)c2cccc(C)c2F)C1. The van der Waals surface area contributed by atoms with E-state index in [1.807, 2.05) is 4.90 Å². The molecule has 8 heteroatoms. The molecule has 1 saturated heterocycles. The fourth-order valence-corrected chi connectivity index (χ4v) is 3.75. The zero-order valence-electron chi connectivity index (χ0n) is 13.2. The monoisotopic (exact) mass is 344 g/mol. The first-order valence-corrected chi connectivity index (χ1v) is 8.88. The molecule has 0 radical (unpaired) electrons. The van der Waals surface area contributed by atoms with Gasteiger partial charge in [0.1, 0.15) is 11.1 Å². The number of benzene rings is 1. The van der Waals surface area contributed by atoms with Gasteiger partial charge >= 0.3 is 0 Å². The molecule has 0 amide bonds. The Morgan fingerprint density at radius 3 is 2.78 bits per heavy atom. The first-order valence-electron chi connectivity index (χ1n) is 7.33. The number of Topliss-reactive ketones (excluding diaryl/α,β-unsaturated/α-hetero) is 1. The van der Waals surface area contributed by atoms with Gasteiger partial charge in [-0.2, -0.15) is 0 Å². The number of carbonyl (C=O) groups excluding carboxylic acids is 1. The highest BCUT2D eigenvalue weighted by Gasteiger charge is 2.37. The van der Waals surface area contributed by atoms with Crippen LogP contribution in [0.2, 0.25) is 0 Å². The molecule has 1 fully saturated rings. The molecule has 6 nitrogen and oxygen atoms in total. The number of methoxy groups -OCH3 is 1. The van der Waals surface area contributed by atoms with Crippen LogP contribution in [-0.2, 0) is 14.8 Å². The predicted octanol–water partition coefficient (Wildman–Crippen LogP) is 0.567. The topological polar surface area (TPSA) is 75.7 Å². The first kappa shape index (κ1) is 18.0. The standard InChI is InChI=1S/C15H21FN2O4S/c1-11-4-3-5-13(15(11)16)14(19)8-17-23(20,21)12-9-18(10-12)6-7-22-2/h3-5,12,17H,6-10H2,1-2H3. The third-order valence-electron chi connectivity index (χ3n) is 3.90. The first-order chi connectivity index (χ1) is 10.8. The van der Waals surface area contributed by atoms with Crippen LogP contribution in [0.5, 0.6) is 0 Å². The van der Waals surface area contributed by atoms with Crippen molar-refractivity contribution in [3.63, 3.8) is 0 Å². The number of halogens is 1. The smallest absolute Gasteiger partial charge is 0.217 e. The van der Waals surface area contributed by atoms with Crippen LogP contribution in [0.25, 0.3) is 0 Å². The molecule has 1 aromatic rings. The number of sulfonamides is 1. The van der Waals surface area contributed by atoms with E-state index >= 15 is 0 Å². The molecule has 0 bridgehead atoms. The van der Waals surface area contributed by atoms with Gasteiger partial charge in [-0.3, -0.25) is 9.69 Å². The summed E-state index contributed by atoms with van der Waals surface area (Å²) in [6, 6.07) is 4.48. The Kier molecular flexibility index (Phi) is 5.85. The highest BCUT2D eigenvalue weighted by atomic mass is 32.2. The molecular formula is C15H21FN2O4S. The maximum absolute atomic E-state index is 13.9. The highest BCUT2D eigenvalue weighted by Crippen LogP contribution is 2.16. The zero-order chi connectivity index (χ0) is 17.0. The number of nitrogens with zero attached hydrogens (tertiary/aromatic N) is 1. The molecule has 1 aromatic carbocycles. The number of likely N-dealkylation sites (tertiary alicyclic amines) is 1. The van der Waals surface area contributed by atoms with Crippen molar-refractivity contribution < 1.29 is 22.3 Å². The van der Waals surface area contributed by atoms with Gasteiger partial charge < -0.3 is 4.74 Å². The van der Waals surface area contributed by atoms with E-state index in [1.54, 1.807) is 26.2 Å². The Balaban J connectivity index is 1.88. The van der Waals surface area contributed by atoms with Gasteiger partial charge in [-0.05, 0) is 18.6 Å². The number of carbonyl (C=O) groups is 1. The summed E-state index contributed by atoms with van der Waals surface area (Å²) < 4.78 is 45.3. The van der Waals surface area contributed by atoms with E-state index in [4.69, 9.17) is 4.74 Å². The van der Waals surface area contributed by atoms with E-state index in [-0.39, 0.29) is 5.56 Å². The molecule has 0 spiro atoms. The van der Waals surface area contributed by atoms with Crippen LogP contribution in [0.3, 0.4) is 0 Å². The largest absolute Gasteiger partial charge is 0.383 e. The number of hydrogen-bond donors (Lipinski definition) is 1. The van der Waals surface area contributed by atoms with Crippen LogP contribution >= 0.6 is 0 Å².